The molecule has 1 heterocycles. The van der Waals surface area contributed by atoms with Crippen molar-refractivity contribution in [3.05, 3.63) is 29.8 Å². The Kier molecular flexibility index (Phi) is 6.36. The molecule has 0 bridgehead atoms. The number of amides is 1. The van der Waals surface area contributed by atoms with E-state index in [9.17, 15) is 9.90 Å². The van der Waals surface area contributed by atoms with Crippen LogP contribution in [-0.4, -0.2) is 50.5 Å². The lowest BCUT2D eigenvalue weighted by Gasteiger charge is -2.27. The summed E-state index contributed by atoms with van der Waals surface area (Å²) >= 11 is 0. The zero-order chi connectivity index (χ0) is 15.9. The summed E-state index contributed by atoms with van der Waals surface area (Å²) in [5, 5.41) is 12.5. The molecule has 0 saturated carbocycles. The highest BCUT2D eigenvalue weighted by Gasteiger charge is 2.20. The number of hydrogen-bond acceptors (Lipinski definition) is 4. The van der Waals surface area contributed by atoms with Crippen LogP contribution in [0, 0.1) is 5.92 Å². The molecule has 2 rings (SSSR count). The Balaban J connectivity index is 1.97. The van der Waals surface area contributed by atoms with E-state index in [1.54, 1.807) is 4.90 Å². The third-order valence-electron chi connectivity index (χ3n) is 4.12. The first-order valence-corrected chi connectivity index (χ1v) is 7.89. The van der Waals surface area contributed by atoms with Gasteiger partial charge in [-0.3, -0.25) is 4.79 Å². The quantitative estimate of drug-likeness (QED) is 0.794. The molecular weight excluding hydrogens is 280 g/mol. The fourth-order valence-electron chi connectivity index (χ4n) is 2.75. The number of ether oxygens (including phenoxy) is 1. The summed E-state index contributed by atoms with van der Waals surface area (Å²) in [6, 6.07) is 8.50. The maximum atomic E-state index is 11.8. The van der Waals surface area contributed by atoms with E-state index in [0.29, 0.717) is 25.1 Å². The van der Waals surface area contributed by atoms with E-state index in [-0.39, 0.29) is 19.1 Å². The summed E-state index contributed by atoms with van der Waals surface area (Å²) in [6.07, 6.45) is 1.86. The van der Waals surface area contributed by atoms with Gasteiger partial charge in [0.1, 0.15) is 6.61 Å². The van der Waals surface area contributed by atoms with Crippen molar-refractivity contribution in [2.24, 2.45) is 5.92 Å². The number of nitrogens with zero attached hydrogens (tertiary/aromatic N) is 1. The third-order valence-corrected chi connectivity index (χ3v) is 4.12. The Labute approximate surface area is 132 Å². The van der Waals surface area contributed by atoms with E-state index in [1.165, 1.54) is 5.56 Å². The molecular formula is C17H26N2O3. The summed E-state index contributed by atoms with van der Waals surface area (Å²) in [5.41, 5.74) is 2.16. The number of aliphatic hydroxyl groups excluding tert-OH is 1. The Morgan fingerprint density at radius 3 is 2.68 bits per heavy atom. The first-order valence-electron chi connectivity index (χ1n) is 7.89. The van der Waals surface area contributed by atoms with Gasteiger partial charge in [-0.1, -0.05) is 19.1 Å². The molecule has 2 atom stereocenters. The van der Waals surface area contributed by atoms with Gasteiger partial charge in [-0.2, -0.15) is 0 Å². The van der Waals surface area contributed by atoms with Crippen LogP contribution in [0.3, 0.4) is 0 Å². The lowest BCUT2D eigenvalue weighted by molar-refractivity contribution is -0.125. The summed E-state index contributed by atoms with van der Waals surface area (Å²) < 4.78 is 5.15. The van der Waals surface area contributed by atoms with Crippen molar-refractivity contribution in [2.75, 3.05) is 38.3 Å². The van der Waals surface area contributed by atoms with Crippen molar-refractivity contribution in [2.45, 2.75) is 25.8 Å². The zero-order valence-electron chi connectivity index (χ0n) is 13.4. The minimum Gasteiger partial charge on any atom is -0.396 e. The second-order valence-electron chi connectivity index (χ2n) is 5.98. The number of rotatable bonds is 7. The molecule has 1 aromatic rings. The molecule has 1 amide bonds. The second-order valence-corrected chi connectivity index (χ2v) is 5.98. The Morgan fingerprint density at radius 2 is 2.09 bits per heavy atom. The predicted molar refractivity (Wildman–Crippen MR) is 87.0 cm³/mol. The monoisotopic (exact) mass is 306 g/mol. The molecule has 1 saturated heterocycles. The molecule has 5 nitrogen and oxygen atoms in total. The lowest BCUT2D eigenvalue weighted by atomic mass is 9.96. The number of benzene rings is 1. The number of nitrogens with one attached hydrogen (secondary N) is 1. The van der Waals surface area contributed by atoms with Gasteiger partial charge in [0.15, 0.2) is 0 Å². The summed E-state index contributed by atoms with van der Waals surface area (Å²) in [4.78, 5) is 13.6. The molecule has 0 radical (unpaired) electrons. The highest BCUT2D eigenvalue weighted by Crippen LogP contribution is 2.19. The van der Waals surface area contributed by atoms with Gasteiger partial charge in [0, 0.05) is 24.9 Å². The normalized spacial score (nSPS) is 18.3. The molecule has 0 aromatic heterocycles. The summed E-state index contributed by atoms with van der Waals surface area (Å²) in [5.74, 6) is 0.312. The van der Waals surface area contributed by atoms with Crippen LogP contribution in [0.4, 0.5) is 5.69 Å². The van der Waals surface area contributed by atoms with Crippen LogP contribution >= 0.6 is 0 Å². The van der Waals surface area contributed by atoms with Gasteiger partial charge in [0.25, 0.3) is 5.91 Å². The topological polar surface area (TPSA) is 61.8 Å². The molecule has 1 aliphatic heterocycles. The van der Waals surface area contributed by atoms with E-state index in [0.717, 1.165) is 18.5 Å². The van der Waals surface area contributed by atoms with Crippen LogP contribution in [0.1, 0.15) is 18.9 Å². The first kappa shape index (κ1) is 16.9. The van der Waals surface area contributed by atoms with Crippen LogP contribution in [0.5, 0.6) is 0 Å². The fourth-order valence-corrected chi connectivity index (χ4v) is 2.75. The molecule has 1 aliphatic rings. The molecule has 2 N–H and O–H groups in total. The van der Waals surface area contributed by atoms with Crippen LogP contribution in [-0.2, 0) is 16.0 Å². The largest absolute Gasteiger partial charge is 0.396 e. The average Bonchev–Trinajstić information content (AvgIpc) is 2.55. The predicted octanol–water partition coefficient (Wildman–Crippen LogP) is 1.20. The highest BCUT2D eigenvalue weighted by molar-refractivity contribution is 5.94. The van der Waals surface area contributed by atoms with Gasteiger partial charge >= 0.3 is 0 Å². The number of carbonyl (C=O) groups is 1. The Morgan fingerprint density at radius 1 is 1.36 bits per heavy atom. The fraction of sp³-hybridized carbons (Fsp3) is 0.588. The molecule has 5 heteroatoms. The SMILES string of the molecule is CNC(Cc1ccc(N2CCOCC2=O)cc1)C[C@@H](C)CO. The number of hydrogen-bond donors (Lipinski definition) is 2. The maximum Gasteiger partial charge on any atom is 0.253 e. The summed E-state index contributed by atoms with van der Waals surface area (Å²) in [6.45, 7) is 3.65. The minimum absolute atomic E-state index is 0.0175. The van der Waals surface area contributed by atoms with Crippen LogP contribution < -0.4 is 10.2 Å². The van der Waals surface area contributed by atoms with Crippen LogP contribution in [0.25, 0.3) is 0 Å². The number of morpholine rings is 1. The van der Waals surface area contributed by atoms with E-state index < -0.39 is 0 Å². The third kappa shape index (κ3) is 4.53. The lowest BCUT2D eigenvalue weighted by Crippen LogP contribution is -2.41. The van der Waals surface area contributed by atoms with Gasteiger partial charge in [-0.25, -0.2) is 0 Å². The molecule has 1 unspecified atom stereocenters. The van der Waals surface area contributed by atoms with E-state index in [1.807, 2.05) is 19.2 Å². The van der Waals surface area contributed by atoms with Gasteiger partial charge in [0.05, 0.1) is 6.61 Å². The van der Waals surface area contributed by atoms with Gasteiger partial charge < -0.3 is 20.1 Å². The van der Waals surface area contributed by atoms with Crippen molar-refractivity contribution in [3.8, 4) is 0 Å². The summed E-state index contributed by atoms with van der Waals surface area (Å²) in [7, 11) is 1.95. The Bertz CT molecular complexity index is 475. The average molecular weight is 306 g/mol. The standard InChI is InChI=1S/C17H26N2O3/c1-13(11-20)9-15(18-2)10-14-3-5-16(6-4-14)19-7-8-22-12-17(19)21/h3-6,13,15,18,20H,7-12H2,1-2H3/t13-,15?/m1/s1. The molecule has 1 aromatic carbocycles. The number of likely N-dealkylation sites (N-methyl/N-ethyl adjacent to an activating group) is 1. The van der Waals surface area contributed by atoms with Crippen LogP contribution in [0.2, 0.25) is 0 Å². The molecule has 1 fully saturated rings. The molecule has 122 valence electrons. The minimum atomic E-state index is 0.0175. The van der Waals surface area contributed by atoms with E-state index in [4.69, 9.17) is 4.74 Å². The highest BCUT2D eigenvalue weighted by atomic mass is 16.5. The first-order chi connectivity index (χ1) is 10.6. The molecule has 0 aliphatic carbocycles. The number of aliphatic hydroxyl groups is 1. The number of anilines is 1. The van der Waals surface area contributed by atoms with E-state index in [2.05, 4.69) is 24.4 Å². The van der Waals surface area contributed by atoms with Crippen molar-refractivity contribution in [1.29, 1.82) is 0 Å². The number of carbonyl (C=O) groups excluding carboxylic acids is 1. The molecule has 22 heavy (non-hydrogen) atoms. The van der Waals surface area contributed by atoms with Crippen LogP contribution in [0.15, 0.2) is 24.3 Å². The van der Waals surface area contributed by atoms with Gasteiger partial charge in [-0.15, -0.1) is 0 Å². The van der Waals surface area contributed by atoms with E-state index >= 15 is 0 Å². The van der Waals surface area contributed by atoms with Crippen molar-refractivity contribution in [1.82, 2.24) is 5.32 Å². The second kappa shape index (κ2) is 8.27. The molecule has 0 spiro atoms. The maximum absolute atomic E-state index is 11.8. The van der Waals surface area contributed by atoms with Gasteiger partial charge in [0.2, 0.25) is 0 Å². The smallest absolute Gasteiger partial charge is 0.253 e. The Hall–Kier alpha value is -1.43. The van der Waals surface area contributed by atoms with Crippen molar-refractivity contribution >= 4 is 11.6 Å². The van der Waals surface area contributed by atoms with Crippen molar-refractivity contribution < 1.29 is 14.6 Å². The zero-order valence-corrected chi connectivity index (χ0v) is 13.4. The van der Waals surface area contributed by atoms with Crippen molar-refractivity contribution in [3.63, 3.8) is 0 Å². The van der Waals surface area contributed by atoms with Gasteiger partial charge in [-0.05, 0) is 43.5 Å².